The van der Waals surface area contributed by atoms with Gasteiger partial charge in [-0.05, 0) is 55.0 Å². The highest BCUT2D eigenvalue weighted by molar-refractivity contribution is 5.91. The van der Waals surface area contributed by atoms with Crippen LogP contribution in [0.2, 0.25) is 0 Å². The van der Waals surface area contributed by atoms with Crippen LogP contribution in [0.1, 0.15) is 18.4 Å². The molecule has 0 aliphatic carbocycles. The first-order valence-corrected chi connectivity index (χ1v) is 8.28. The SMILES string of the molecule is O=C(O)CCCOc1ccc(NC(=O)COc2ccc(C(F)(F)F)cc2)cc1. The van der Waals surface area contributed by atoms with E-state index in [0.717, 1.165) is 24.3 Å². The van der Waals surface area contributed by atoms with Crippen LogP contribution in [0.3, 0.4) is 0 Å². The quantitative estimate of drug-likeness (QED) is 0.626. The maximum absolute atomic E-state index is 12.5. The third kappa shape index (κ3) is 7.18. The number of alkyl halides is 3. The van der Waals surface area contributed by atoms with Crippen molar-refractivity contribution in [2.24, 2.45) is 0 Å². The van der Waals surface area contributed by atoms with Gasteiger partial charge in [-0.25, -0.2) is 0 Å². The zero-order valence-electron chi connectivity index (χ0n) is 14.7. The minimum atomic E-state index is -4.43. The molecule has 150 valence electrons. The number of carboxylic acids is 1. The molecular formula is C19H18F3NO5. The van der Waals surface area contributed by atoms with Crippen LogP contribution in [-0.4, -0.2) is 30.2 Å². The van der Waals surface area contributed by atoms with Gasteiger partial charge < -0.3 is 19.9 Å². The fourth-order valence-electron chi connectivity index (χ4n) is 2.13. The predicted molar refractivity (Wildman–Crippen MR) is 94.4 cm³/mol. The average molecular weight is 397 g/mol. The number of nitrogens with one attached hydrogen (secondary N) is 1. The van der Waals surface area contributed by atoms with Gasteiger partial charge in [0, 0.05) is 12.1 Å². The van der Waals surface area contributed by atoms with E-state index in [0.29, 0.717) is 17.9 Å². The lowest BCUT2D eigenvalue weighted by atomic mass is 10.2. The van der Waals surface area contributed by atoms with Crippen LogP contribution in [0.15, 0.2) is 48.5 Å². The van der Waals surface area contributed by atoms with E-state index in [2.05, 4.69) is 5.32 Å². The van der Waals surface area contributed by atoms with Gasteiger partial charge in [0.25, 0.3) is 5.91 Å². The van der Waals surface area contributed by atoms with Crippen LogP contribution in [0.25, 0.3) is 0 Å². The third-order valence-electron chi connectivity index (χ3n) is 3.49. The number of ether oxygens (including phenoxy) is 2. The van der Waals surface area contributed by atoms with Crippen LogP contribution in [-0.2, 0) is 15.8 Å². The molecule has 0 aliphatic heterocycles. The van der Waals surface area contributed by atoms with E-state index in [1.165, 1.54) is 0 Å². The average Bonchev–Trinajstić information content (AvgIpc) is 2.64. The van der Waals surface area contributed by atoms with Crippen molar-refractivity contribution in [3.8, 4) is 11.5 Å². The number of hydrogen-bond donors (Lipinski definition) is 2. The molecule has 0 heterocycles. The van der Waals surface area contributed by atoms with Gasteiger partial charge in [0.2, 0.25) is 0 Å². The lowest BCUT2D eigenvalue weighted by molar-refractivity contribution is -0.138. The summed E-state index contributed by atoms with van der Waals surface area (Å²) in [5.74, 6) is -0.687. The second kappa shape index (κ2) is 9.63. The number of carbonyl (C=O) groups is 2. The number of amides is 1. The molecule has 0 saturated carbocycles. The number of halogens is 3. The third-order valence-corrected chi connectivity index (χ3v) is 3.49. The fourth-order valence-corrected chi connectivity index (χ4v) is 2.13. The summed E-state index contributed by atoms with van der Waals surface area (Å²) in [5.41, 5.74) is -0.312. The molecular weight excluding hydrogens is 379 g/mol. The lowest BCUT2D eigenvalue weighted by Gasteiger charge is -2.10. The molecule has 0 spiro atoms. The Kier molecular flexibility index (Phi) is 7.25. The van der Waals surface area contributed by atoms with Crippen LogP contribution in [0.5, 0.6) is 11.5 Å². The standard InChI is InChI=1S/C19H18F3NO5/c20-19(21,22)13-3-7-16(8-4-13)28-12-17(24)23-14-5-9-15(10-6-14)27-11-1-2-18(25)26/h3-10H,1-2,11-12H2,(H,23,24)(H,25,26). The topological polar surface area (TPSA) is 84.9 Å². The predicted octanol–water partition coefficient (Wildman–Crippen LogP) is 3.97. The summed E-state index contributed by atoms with van der Waals surface area (Å²) in [7, 11) is 0. The highest BCUT2D eigenvalue weighted by Gasteiger charge is 2.30. The van der Waals surface area contributed by atoms with Gasteiger partial charge in [0.05, 0.1) is 12.2 Å². The molecule has 1 amide bonds. The van der Waals surface area contributed by atoms with E-state index in [9.17, 15) is 22.8 Å². The molecule has 2 rings (SSSR count). The Labute approximate surface area is 158 Å². The number of rotatable bonds is 9. The van der Waals surface area contributed by atoms with Crippen molar-refractivity contribution < 1.29 is 37.3 Å². The molecule has 9 heteroatoms. The van der Waals surface area contributed by atoms with E-state index in [1.54, 1.807) is 24.3 Å². The zero-order chi connectivity index (χ0) is 20.6. The summed E-state index contributed by atoms with van der Waals surface area (Å²) in [6.07, 6.45) is -4.02. The fraction of sp³-hybridized carbons (Fsp3) is 0.263. The maximum atomic E-state index is 12.5. The van der Waals surface area contributed by atoms with Crippen LogP contribution in [0, 0.1) is 0 Å². The van der Waals surface area contributed by atoms with Gasteiger partial charge in [-0.1, -0.05) is 0 Å². The van der Waals surface area contributed by atoms with Crippen LogP contribution >= 0.6 is 0 Å². The molecule has 0 unspecified atom stereocenters. The Morgan fingerprint density at radius 3 is 2.07 bits per heavy atom. The summed E-state index contributed by atoms with van der Waals surface area (Å²) >= 11 is 0. The van der Waals surface area contributed by atoms with Crippen molar-refractivity contribution in [1.29, 1.82) is 0 Å². The molecule has 2 aromatic rings. The number of anilines is 1. The maximum Gasteiger partial charge on any atom is 0.416 e. The Morgan fingerprint density at radius 1 is 0.929 bits per heavy atom. The largest absolute Gasteiger partial charge is 0.494 e. The molecule has 6 nitrogen and oxygen atoms in total. The monoisotopic (exact) mass is 397 g/mol. The van der Waals surface area contributed by atoms with Gasteiger partial charge >= 0.3 is 12.1 Å². The number of carbonyl (C=O) groups excluding carboxylic acids is 1. The minimum absolute atomic E-state index is 0.0209. The van der Waals surface area contributed by atoms with Crippen molar-refractivity contribution in [3.63, 3.8) is 0 Å². The van der Waals surface area contributed by atoms with Crippen LogP contribution < -0.4 is 14.8 Å². The molecule has 2 N–H and O–H groups in total. The summed E-state index contributed by atoms with van der Waals surface area (Å²) in [6, 6.07) is 10.5. The number of aliphatic carboxylic acids is 1. The van der Waals surface area contributed by atoms with Gasteiger partial charge in [-0.15, -0.1) is 0 Å². The Bertz CT molecular complexity index is 789. The highest BCUT2D eigenvalue weighted by atomic mass is 19.4. The van der Waals surface area contributed by atoms with Gasteiger partial charge in [-0.3, -0.25) is 9.59 Å². The molecule has 2 aromatic carbocycles. The number of carboxylic acid groups (broad SMARTS) is 1. The first-order valence-electron chi connectivity index (χ1n) is 8.28. The normalized spacial score (nSPS) is 11.0. The second-order valence-corrected chi connectivity index (χ2v) is 5.73. The van der Waals surface area contributed by atoms with Gasteiger partial charge in [0.15, 0.2) is 6.61 Å². The van der Waals surface area contributed by atoms with Crippen molar-refractivity contribution >= 4 is 17.6 Å². The smallest absolute Gasteiger partial charge is 0.416 e. The van der Waals surface area contributed by atoms with Crippen molar-refractivity contribution in [2.75, 3.05) is 18.5 Å². The van der Waals surface area contributed by atoms with Crippen LogP contribution in [0.4, 0.5) is 18.9 Å². The Balaban J connectivity index is 1.76. The summed E-state index contributed by atoms with van der Waals surface area (Å²) in [6.45, 7) is -0.0994. The van der Waals surface area contributed by atoms with E-state index in [1.807, 2.05) is 0 Å². The molecule has 0 radical (unpaired) electrons. The van der Waals surface area contributed by atoms with E-state index in [4.69, 9.17) is 14.6 Å². The van der Waals surface area contributed by atoms with Crippen molar-refractivity contribution in [3.05, 3.63) is 54.1 Å². The van der Waals surface area contributed by atoms with Gasteiger partial charge in [0.1, 0.15) is 11.5 Å². The zero-order valence-corrected chi connectivity index (χ0v) is 14.7. The second-order valence-electron chi connectivity index (χ2n) is 5.73. The van der Waals surface area contributed by atoms with E-state index in [-0.39, 0.29) is 25.4 Å². The lowest BCUT2D eigenvalue weighted by Crippen LogP contribution is -2.20. The van der Waals surface area contributed by atoms with Gasteiger partial charge in [-0.2, -0.15) is 13.2 Å². The highest BCUT2D eigenvalue weighted by Crippen LogP contribution is 2.30. The Hall–Kier alpha value is -3.23. The number of hydrogen-bond acceptors (Lipinski definition) is 4. The van der Waals surface area contributed by atoms with Crippen molar-refractivity contribution in [1.82, 2.24) is 0 Å². The minimum Gasteiger partial charge on any atom is -0.494 e. The molecule has 0 aliphatic rings. The molecule has 0 bridgehead atoms. The van der Waals surface area contributed by atoms with Crippen molar-refractivity contribution in [2.45, 2.75) is 19.0 Å². The summed E-state index contributed by atoms with van der Waals surface area (Å²) < 4.78 is 48.0. The molecule has 28 heavy (non-hydrogen) atoms. The summed E-state index contributed by atoms with van der Waals surface area (Å²) in [5, 5.41) is 11.1. The van der Waals surface area contributed by atoms with E-state index < -0.39 is 23.6 Å². The first-order chi connectivity index (χ1) is 13.2. The molecule has 0 atom stereocenters. The summed E-state index contributed by atoms with van der Waals surface area (Å²) in [4.78, 5) is 22.3. The number of benzene rings is 2. The first kappa shape index (κ1) is 21.1. The Morgan fingerprint density at radius 2 is 1.50 bits per heavy atom. The van der Waals surface area contributed by atoms with E-state index >= 15 is 0 Å². The molecule has 0 fully saturated rings. The molecule has 0 aromatic heterocycles. The molecule has 0 saturated heterocycles.